The number of nitrogens with zero attached hydrogens (tertiary/aromatic N) is 2. The number of hydrogen-bond acceptors (Lipinski definition) is 4. The highest BCUT2D eigenvalue weighted by Crippen LogP contribution is 2.14. The monoisotopic (exact) mass is 245 g/mol. The van der Waals surface area contributed by atoms with Gasteiger partial charge in [-0.25, -0.2) is 0 Å². The van der Waals surface area contributed by atoms with Gasteiger partial charge in [0, 0.05) is 13.5 Å². The standard InChI is InChI=1S/C14H19N3O/c1-10(2)13-6-4-12(5-7-13)8-15-9-14-16-11(3)18-17-14/h4-7,10,15H,8-9H2,1-3H3. The molecule has 0 radical (unpaired) electrons. The molecule has 1 heterocycles. The molecule has 0 spiro atoms. The largest absolute Gasteiger partial charge is 0.340 e. The highest BCUT2D eigenvalue weighted by molar-refractivity contribution is 5.24. The van der Waals surface area contributed by atoms with Crippen LogP contribution in [0, 0.1) is 6.92 Å². The molecular formula is C14H19N3O. The van der Waals surface area contributed by atoms with E-state index in [1.54, 1.807) is 6.92 Å². The van der Waals surface area contributed by atoms with Gasteiger partial charge in [0.1, 0.15) is 0 Å². The minimum absolute atomic E-state index is 0.578. The second kappa shape index (κ2) is 5.78. The van der Waals surface area contributed by atoms with Crippen LogP contribution in [0.5, 0.6) is 0 Å². The first-order chi connectivity index (χ1) is 8.65. The van der Waals surface area contributed by atoms with Gasteiger partial charge in [-0.05, 0) is 17.0 Å². The Morgan fingerprint density at radius 1 is 1.17 bits per heavy atom. The number of nitrogens with one attached hydrogen (secondary N) is 1. The van der Waals surface area contributed by atoms with E-state index < -0.39 is 0 Å². The lowest BCUT2D eigenvalue weighted by atomic mass is 10.0. The van der Waals surface area contributed by atoms with E-state index in [2.05, 4.69) is 53.6 Å². The summed E-state index contributed by atoms with van der Waals surface area (Å²) >= 11 is 0. The van der Waals surface area contributed by atoms with Crippen molar-refractivity contribution in [2.75, 3.05) is 0 Å². The Bertz CT molecular complexity index is 488. The van der Waals surface area contributed by atoms with Crippen molar-refractivity contribution in [3.05, 3.63) is 47.1 Å². The van der Waals surface area contributed by atoms with E-state index in [1.165, 1.54) is 11.1 Å². The van der Waals surface area contributed by atoms with Crippen LogP contribution < -0.4 is 5.32 Å². The summed E-state index contributed by atoms with van der Waals surface area (Å²) in [6, 6.07) is 8.67. The first kappa shape index (κ1) is 12.8. The number of benzene rings is 1. The first-order valence-corrected chi connectivity index (χ1v) is 6.24. The van der Waals surface area contributed by atoms with Gasteiger partial charge < -0.3 is 9.84 Å². The maximum absolute atomic E-state index is 4.91. The quantitative estimate of drug-likeness (QED) is 0.880. The van der Waals surface area contributed by atoms with Crippen LogP contribution in [0.2, 0.25) is 0 Å². The van der Waals surface area contributed by atoms with Crippen molar-refractivity contribution in [3.63, 3.8) is 0 Å². The lowest BCUT2D eigenvalue weighted by Crippen LogP contribution is -2.13. The molecule has 18 heavy (non-hydrogen) atoms. The maximum atomic E-state index is 4.91. The second-order valence-electron chi connectivity index (χ2n) is 4.73. The van der Waals surface area contributed by atoms with Crippen LogP contribution in [0.25, 0.3) is 0 Å². The van der Waals surface area contributed by atoms with Gasteiger partial charge in [-0.3, -0.25) is 0 Å². The topological polar surface area (TPSA) is 51.0 Å². The molecule has 2 rings (SSSR count). The molecule has 0 atom stereocenters. The molecule has 0 saturated heterocycles. The van der Waals surface area contributed by atoms with Crippen molar-refractivity contribution < 1.29 is 4.52 Å². The molecular weight excluding hydrogens is 226 g/mol. The predicted octanol–water partition coefficient (Wildman–Crippen LogP) is 2.79. The summed E-state index contributed by atoms with van der Waals surface area (Å²) in [6.45, 7) is 7.63. The minimum atomic E-state index is 0.578. The van der Waals surface area contributed by atoms with Gasteiger partial charge in [-0.2, -0.15) is 4.98 Å². The summed E-state index contributed by atoms with van der Waals surface area (Å²) in [6.07, 6.45) is 0. The van der Waals surface area contributed by atoms with Crippen molar-refractivity contribution in [1.82, 2.24) is 15.5 Å². The van der Waals surface area contributed by atoms with E-state index in [1.807, 2.05) is 0 Å². The van der Waals surface area contributed by atoms with E-state index in [4.69, 9.17) is 4.52 Å². The van der Waals surface area contributed by atoms with Gasteiger partial charge in [0.2, 0.25) is 5.89 Å². The molecule has 0 fully saturated rings. The average molecular weight is 245 g/mol. The molecule has 1 aromatic heterocycles. The fourth-order valence-corrected chi connectivity index (χ4v) is 1.75. The zero-order valence-electron chi connectivity index (χ0n) is 11.1. The first-order valence-electron chi connectivity index (χ1n) is 6.24. The Morgan fingerprint density at radius 2 is 1.89 bits per heavy atom. The molecule has 4 heteroatoms. The molecule has 0 unspecified atom stereocenters. The van der Waals surface area contributed by atoms with Crippen molar-refractivity contribution in [3.8, 4) is 0 Å². The van der Waals surface area contributed by atoms with Gasteiger partial charge in [0.25, 0.3) is 0 Å². The summed E-state index contributed by atoms with van der Waals surface area (Å²) in [5.41, 5.74) is 2.63. The fourth-order valence-electron chi connectivity index (χ4n) is 1.75. The third kappa shape index (κ3) is 3.40. The van der Waals surface area contributed by atoms with Crippen molar-refractivity contribution in [2.45, 2.75) is 39.8 Å². The van der Waals surface area contributed by atoms with Crippen LogP contribution >= 0.6 is 0 Å². The Hall–Kier alpha value is -1.68. The smallest absolute Gasteiger partial charge is 0.223 e. The number of aryl methyl sites for hydroxylation is 1. The summed E-state index contributed by atoms with van der Waals surface area (Å²) in [7, 11) is 0. The molecule has 4 nitrogen and oxygen atoms in total. The van der Waals surface area contributed by atoms with Gasteiger partial charge in [-0.1, -0.05) is 43.3 Å². The molecule has 0 aliphatic heterocycles. The molecule has 0 amide bonds. The van der Waals surface area contributed by atoms with Crippen molar-refractivity contribution >= 4 is 0 Å². The molecule has 2 aromatic rings. The number of hydrogen-bond donors (Lipinski definition) is 1. The van der Waals surface area contributed by atoms with E-state index in [9.17, 15) is 0 Å². The summed E-state index contributed by atoms with van der Waals surface area (Å²) in [5, 5.41) is 7.13. The molecule has 0 bridgehead atoms. The molecule has 1 N–H and O–H groups in total. The van der Waals surface area contributed by atoms with Gasteiger partial charge in [0.15, 0.2) is 5.82 Å². The van der Waals surface area contributed by atoms with E-state index in [0.29, 0.717) is 24.2 Å². The average Bonchev–Trinajstić information content (AvgIpc) is 2.76. The third-order valence-electron chi connectivity index (χ3n) is 2.83. The van der Waals surface area contributed by atoms with Crippen LogP contribution in [-0.2, 0) is 13.1 Å². The van der Waals surface area contributed by atoms with Crippen molar-refractivity contribution in [2.24, 2.45) is 0 Å². The van der Waals surface area contributed by atoms with Gasteiger partial charge >= 0.3 is 0 Å². The number of rotatable bonds is 5. The van der Waals surface area contributed by atoms with Gasteiger partial charge in [0.05, 0.1) is 6.54 Å². The van der Waals surface area contributed by atoms with Crippen LogP contribution in [0.1, 0.15) is 42.6 Å². The highest BCUT2D eigenvalue weighted by Gasteiger charge is 2.02. The second-order valence-corrected chi connectivity index (χ2v) is 4.73. The van der Waals surface area contributed by atoms with E-state index in [-0.39, 0.29) is 0 Å². The van der Waals surface area contributed by atoms with Crippen LogP contribution in [0.15, 0.2) is 28.8 Å². The lowest BCUT2D eigenvalue weighted by molar-refractivity contribution is 0.385. The molecule has 0 aliphatic carbocycles. The molecule has 96 valence electrons. The Labute approximate surface area is 107 Å². The van der Waals surface area contributed by atoms with Crippen LogP contribution in [-0.4, -0.2) is 10.1 Å². The molecule has 0 saturated carbocycles. The van der Waals surface area contributed by atoms with E-state index >= 15 is 0 Å². The summed E-state index contributed by atoms with van der Waals surface area (Å²) in [4.78, 5) is 4.14. The molecule has 1 aromatic carbocycles. The summed E-state index contributed by atoms with van der Waals surface area (Å²) in [5.74, 6) is 1.88. The SMILES string of the molecule is Cc1nc(CNCc2ccc(C(C)C)cc2)no1. The predicted molar refractivity (Wildman–Crippen MR) is 70.1 cm³/mol. The lowest BCUT2D eigenvalue weighted by Gasteiger charge is -2.07. The fraction of sp³-hybridized carbons (Fsp3) is 0.429. The third-order valence-corrected chi connectivity index (χ3v) is 2.83. The number of aromatic nitrogens is 2. The van der Waals surface area contributed by atoms with Crippen molar-refractivity contribution in [1.29, 1.82) is 0 Å². The Morgan fingerprint density at radius 3 is 2.44 bits per heavy atom. The maximum Gasteiger partial charge on any atom is 0.223 e. The molecule has 0 aliphatic rings. The van der Waals surface area contributed by atoms with Crippen LogP contribution in [0.3, 0.4) is 0 Å². The van der Waals surface area contributed by atoms with Gasteiger partial charge in [-0.15, -0.1) is 0 Å². The van der Waals surface area contributed by atoms with Crippen LogP contribution in [0.4, 0.5) is 0 Å². The van der Waals surface area contributed by atoms with E-state index in [0.717, 1.165) is 6.54 Å². The zero-order valence-corrected chi connectivity index (χ0v) is 11.1. The Kier molecular flexibility index (Phi) is 4.10. The normalized spacial score (nSPS) is 11.1. The highest BCUT2D eigenvalue weighted by atomic mass is 16.5. The minimum Gasteiger partial charge on any atom is -0.340 e. The summed E-state index contributed by atoms with van der Waals surface area (Å²) < 4.78 is 4.91. The zero-order chi connectivity index (χ0) is 13.0. The Balaban J connectivity index is 1.83.